The first-order valence-electron chi connectivity index (χ1n) is 6.23. The molecule has 0 bridgehead atoms. The topological polar surface area (TPSA) is 67.1 Å². The van der Waals surface area contributed by atoms with E-state index in [-0.39, 0.29) is 0 Å². The Morgan fingerprint density at radius 1 is 1.29 bits per heavy atom. The number of anilines is 3. The largest absolute Gasteiger partial charge is 0.370 e. The summed E-state index contributed by atoms with van der Waals surface area (Å²) in [5, 5.41) is 3.16. The van der Waals surface area contributed by atoms with Gasteiger partial charge in [-0.05, 0) is 19.8 Å². The summed E-state index contributed by atoms with van der Waals surface area (Å²) in [5.74, 6) is 1.98. The first-order valence-corrected chi connectivity index (χ1v) is 6.23. The Morgan fingerprint density at radius 2 is 1.94 bits per heavy atom. The van der Waals surface area contributed by atoms with Crippen LogP contribution < -0.4 is 16.0 Å². The summed E-state index contributed by atoms with van der Waals surface area (Å²) in [6.07, 6.45) is 2.18. The van der Waals surface area contributed by atoms with Crippen molar-refractivity contribution in [1.82, 2.24) is 9.97 Å². The van der Waals surface area contributed by atoms with Gasteiger partial charge in [-0.2, -0.15) is 9.97 Å². The summed E-state index contributed by atoms with van der Waals surface area (Å²) in [5.41, 5.74) is 5.72. The number of aromatic nitrogens is 2. The predicted octanol–water partition coefficient (Wildman–Crippen LogP) is 2.12. The minimum absolute atomic E-state index is 0.316. The highest BCUT2D eigenvalue weighted by Gasteiger charge is 2.13. The summed E-state index contributed by atoms with van der Waals surface area (Å²) < 4.78 is 0. The monoisotopic (exact) mass is 237 g/mol. The lowest BCUT2D eigenvalue weighted by molar-refractivity contribution is 0.587. The first kappa shape index (κ1) is 13.5. The van der Waals surface area contributed by atoms with Gasteiger partial charge in [-0.1, -0.05) is 13.8 Å². The average molecular weight is 237 g/mol. The smallest absolute Gasteiger partial charge is 0.223 e. The van der Waals surface area contributed by atoms with Crippen LogP contribution in [0.15, 0.2) is 6.07 Å². The number of nitrogens with two attached hydrogens (primary N) is 1. The third kappa shape index (κ3) is 3.47. The fourth-order valence-corrected chi connectivity index (χ4v) is 1.93. The maximum absolute atomic E-state index is 5.72. The molecule has 0 saturated heterocycles. The number of rotatable bonds is 6. The van der Waals surface area contributed by atoms with E-state index in [1.165, 1.54) is 0 Å². The van der Waals surface area contributed by atoms with Crippen molar-refractivity contribution in [2.75, 3.05) is 29.5 Å². The molecule has 0 aliphatic carbocycles. The van der Waals surface area contributed by atoms with Gasteiger partial charge in [0, 0.05) is 25.7 Å². The molecule has 17 heavy (non-hydrogen) atoms. The molecule has 0 aliphatic rings. The van der Waals surface area contributed by atoms with Gasteiger partial charge in [0.25, 0.3) is 0 Å². The van der Waals surface area contributed by atoms with Crippen LogP contribution in [-0.4, -0.2) is 29.6 Å². The van der Waals surface area contributed by atoms with E-state index < -0.39 is 0 Å². The van der Waals surface area contributed by atoms with E-state index in [0.717, 1.165) is 31.0 Å². The molecule has 5 heteroatoms. The van der Waals surface area contributed by atoms with Gasteiger partial charge in [-0.25, -0.2) is 0 Å². The lowest BCUT2D eigenvalue weighted by atomic mass is 10.1. The SMILES string of the molecule is CCNc1cc(N(C)C(CC)CC)nc(N)n1. The zero-order valence-electron chi connectivity index (χ0n) is 11.2. The fraction of sp³-hybridized carbons (Fsp3) is 0.667. The summed E-state index contributed by atoms with van der Waals surface area (Å²) in [4.78, 5) is 10.6. The van der Waals surface area contributed by atoms with Crippen molar-refractivity contribution in [3.8, 4) is 0 Å². The molecule has 96 valence electrons. The lowest BCUT2D eigenvalue weighted by Crippen LogP contribution is -2.31. The highest BCUT2D eigenvalue weighted by Crippen LogP contribution is 2.20. The molecule has 0 radical (unpaired) electrons. The van der Waals surface area contributed by atoms with Crippen LogP contribution >= 0.6 is 0 Å². The van der Waals surface area contributed by atoms with Crippen LogP contribution in [0.1, 0.15) is 33.6 Å². The van der Waals surface area contributed by atoms with Crippen LogP contribution in [0.2, 0.25) is 0 Å². The molecule has 3 N–H and O–H groups in total. The Morgan fingerprint density at radius 3 is 2.47 bits per heavy atom. The van der Waals surface area contributed by atoms with E-state index in [9.17, 15) is 0 Å². The van der Waals surface area contributed by atoms with Crippen LogP contribution in [0.3, 0.4) is 0 Å². The molecule has 0 fully saturated rings. The van der Waals surface area contributed by atoms with E-state index in [0.29, 0.717) is 12.0 Å². The molecule has 0 aromatic carbocycles. The van der Waals surface area contributed by atoms with Crippen molar-refractivity contribution in [3.63, 3.8) is 0 Å². The van der Waals surface area contributed by atoms with Crippen molar-refractivity contribution in [2.24, 2.45) is 0 Å². The molecule has 1 heterocycles. The van der Waals surface area contributed by atoms with Crippen molar-refractivity contribution in [2.45, 2.75) is 39.7 Å². The molecule has 1 rings (SSSR count). The summed E-state index contributed by atoms with van der Waals surface area (Å²) in [6, 6.07) is 2.43. The molecule has 0 spiro atoms. The quantitative estimate of drug-likeness (QED) is 0.793. The Balaban J connectivity index is 2.95. The molecule has 0 saturated carbocycles. The maximum atomic E-state index is 5.72. The number of nitrogens with zero attached hydrogens (tertiary/aromatic N) is 3. The Bertz CT molecular complexity index is 349. The lowest BCUT2D eigenvalue weighted by Gasteiger charge is -2.27. The highest BCUT2D eigenvalue weighted by molar-refractivity contribution is 5.52. The normalized spacial score (nSPS) is 10.6. The molecule has 0 unspecified atom stereocenters. The number of hydrogen-bond donors (Lipinski definition) is 2. The van der Waals surface area contributed by atoms with Crippen molar-refractivity contribution in [3.05, 3.63) is 6.07 Å². The van der Waals surface area contributed by atoms with Crippen molar-refractivity contribution < 1.29 is 0 Å². The third-order valence-electron chi connectivity index (χ3n) is 2.94. The van der Waals surface area contributed by atoms with Gasteiger partial charge in [-0.15, -0.1) is 0 Å². The van der Waals surface area contributed by atoms with Gasteiger partial charge < -0.3 is 16.0 Å². The predicted molar refractivity (Wildman–Crippen MR) is 73.4 cm³/mol. The van der Waals surface area contributed by atoms with Crippen molar-refractivity contribution in [1.29, 1.82) is 0 Å². The van der Waals surface area contributed by atoms with Gasteiger partial charge in [0.2, 0.25) is 5.95 Å². The molecular formula is C12H23N5. The van der Waals surface area contributed by atoms with Crippen LogP contribution in [0, 0.1) is 0 Å². The van der Waals surface area contributed by atoms with E-state index in [4.69, 9.17) is 5.73 Å². The summed E-state index contributed by atoms with van der Waals surface area (Å²) in [7, 11) is 2.05. The maximum Gasteiger partial charge on any atom is 0.223 e. The van der Waals surface area contributed by atoms with Crippen LogP contribution in [-0.2, 0) is 0 Å². The second-order valence-corrected chi connectivity index (χ2v) is 4.08. The Labute approximate surface area is 103 Å². The zero-order valence-corrected chi connectivity index (χ0v) is 11.2. The van der Waals surface area contributed by atoms with Crippen LogP contribution in [0.25, 0.3) is 0 Å². The Hall–Kier alpha value is -1.52. The second kappa shape index (κ2) is 6.27. The molecule has 0 atom stereocenters. The van der Waals surface area contributed by atoms with E-state index in [1.54, 1.807) is 0 Å². The van der Waals surface area contributed by atoms with Gasteiger partial charge in [0.15, 0.2) is 0 Å². The van der Waals surface area contributed by atoms with E-state index in [1.807, 2.05) is 13.0 Å². The highest BCUT2D eigenvalue weighted by atomic mass is 15.2. The summed E-state index contributed by atoms with van der Waals surface area (Å²) >= 11 is 0. The first-order chi connectivity index (χ1) is 8.12. The number of nitrogen functional groups attached to an aromatic ring is 1. The van der Waals surface area contributed by atoms with Gasteiger partial charge in [0.05, 0.1) is 0 Å². The molecular weight excluding hydrogens is 214 g/mol. The van der Waals surface area contributed by atoms with Gasteiger partial charge in [0.1, 0.15) is 11.6 Å². The van der Waals surface area contributed by atoms with Crippen LogP contribution in [0.4, 0.5) is 17.6 Å². The molecule has 0 amide bonds. The number of hydrogen-bond acceptors (Lipinski definition) is 5. The zero-order chi connectivity index (χ0) is 12.8. The van der Waals surface area contributed by atoms with Crippen LogP contribution in [0.5, 0.6) is 0 Å². The minimum Gasteiger partial charge on any atom is -0.370 e. The minimum atomic E-state index is 0.316. The van der Waals surface area contributed by atoms with E-state index >= 15 is 0 Å². The standard InChI is InChI=1S/C12H23N5/c1-5-9(6-2)17(4)11-8-10(14-7-3)15-12(13)16-11/h8-9H,5-7H2,1-4H3,(H3,13,14,15,16). The average Bonchev–Trinajstić information content (AvgIpc) is 2.30. The number of nitrogens with one attached hydrogen (secondary N) is 1. The molecule has 5 nitrogen and oxygen atoms in total. The molecule has 1 aromatic rings. The van der Waals surface area contributed by atoms with Gasteiger partial charge >= 0.3 is 0 Å². The Kier molecular flexibility index (Phi) is 5.00. The van der Waals surface area contributed by atoms with E-state index in [2.05, 4.69) is 41.1 Å². The molecule has 1 aromatic heterocycles. The fourth-order valence-electron chi connectivity index (χ4n) is 1.93. The van der Waals surface area contributed by atoms with Crippen molar-refractivity contribution >= 4 is 17.6 Å². The second-order valence-electron chi connectivity index (χ2n) is 4.08. The molecule has 0 aliphatic heterocycles. The van der Waals surface area contributed by atoms with Gasteiger partial charge in [-0.3, -0.25) is 0 Å². The third-order valence-corrected chi connectivity index (χ3v) is 2.94. The summed E-state index contributed by atoms with van der Waals surface area (Å²) in [6.45, 7) is 7.22.